The molecule has 0 spiro atoms. The number of benzene rings is 1. The molecule has 4 nitrogen and oxygen atoms in total. The van der Waals surface area contributed by atoms with E-state index in [2.05, 4.69) is 9.59 Å². The highest BCUT2D eigenvalue weighted by Gasteiger charge is 2.15. The van der Waals surface area contributed by atoms with Gasteiger partial charge >= 0.3 is 0 Å². The highest BCUT2D eigenvalue weighted by atomic mass is 35.7. The molecule has 0 atom stereocenters. The van der Waals surface area contributed by atoms with Gasteiger partial charge in [-0.15, -0.1) is 5.10 Å². The Bertz CT molecular complexity index is 549. The molecule has 68 valence electrons. The third kappa shape index (κ3) is 1.52. The van der Waals surface area contributed by atoms with E-state index in [4.69, 9.17) is 10.7 Å². The van der Waals surface area contributed by atoms with Gasteiger partial charge < -0.3 is 0 Å². The molecule has 0 aliphatic rings. The van der Waals surface area contributed by atoms with E-state index >= 15 is 0 Å². The summed E-state index contributed by atoms with van der Waals surface area (Å²) in [5, 5.41) is 3.69. The summed E-state index contributed by atoms with van der Waals surface area (Å²) >= 11 is 1.13. The Morgan fingerprint density at radius 2 is 2.15 bits per heavy atom. The summed E-state index contributed by atoms with van der Waals surface area (Å²) in [6, 6.07) is 4.76. The van der Waals surface area contributed by atoms with Crippen molar-refractivity contribution in [3.8, 4) is 0 Å². The average molecular weight is 235 g/mol. The SMILES string of the molecule is O=S(=O)(Cl)c1cccc2snnc12. The largest absolute Gasteiger partial charge is 0.263 e. The number of hydrogen-bond acceptors (Lipinski definition) is 5. The van der Waals surface area contributed by atoms with Crippen LogP contribution >= 0.6 is 22.2 Å². The Labute approximate surface area is 82.7 Å². The maximum absolute atomic E-state index is 11.0. The number of halogens is 1. The number of rotatable bonds is 1. The van der Waals surface area contributed by atoms with Crippen molar-refractivity contribution in [3.05, 3.63) is 18.2 Å². The van der Waals surface area contributed by atoms with Crippen molar-refractivity contribution in [1.29, 1.82) is 0 Å². The lowest BCUT2D eigenvalue weighted by atomic mass is 10.3. The molecule has 0 fully saturated rings. The summed E-state index contributed by atoms with van der Waals surface area (Å²) in [7, 11) is 1.48. The molecule has 2 rings (SSSR count). The van der Waals surface area contributed by atoms with Gasteiger partial charge in [0.25, 0.3) is 9.05 Å². The lowest BCUT2D eigenvalue weighted by Crippen LogP contribution is -1.91. The van der Waals surface area contributed by atoms with E-state index < -0.39 is 9.05 Å². The van der Waals surface area contributed by atoms with Crippen LogP contribution in [0.1, 0.15) is 0 Å². The highest BCUT2D eigenvalue weighted by Crippen LogP contribution is 2.25. The van der Waals surface area contributed by atoms with Crippen molar-refractivity contribution in [1.82, 2.24) is 9.59 Å². The van der Waals surface area contributed by atoms with Crippen LogP contribution in [0.15, 0.2) is 23.1 Å². The lowest BCUT2D eigenvalue weighted by molar-refractivity contribution is 0.610. The zero-order valence-electron chi connectivity index (χ0n) is 6.14. The van der Waals surface area contributed by atoms with Gasteiger partial charge in [0.2, 0.25) is 0 Å². The van der Waals surface area contributed by atoms with Crippen molar-refractivity contribution in [2.45, 2.75) is 4.90 Å². The Morgan fingerprint density at radius 3 is 2.85 bits per heavy atom. The number of nitrogens with zero attached hydrogens (tertiary/aromatic N) is 2. The molecule has 0 N–H and O–H groups in total. The van der Waals surface area contributed by atoms with E-state index in [-0.39, 0.29) is 4.90 Å². The number of fused-ring (bicyclic) bond motifs is 1. The van der Waals surface area contributed by atoms with E-state index in [0.29, 0.717) is 10.2 Å². The topological polar surface area (TPSA) is 59.9 Å². The van der Waals surface area contributed by atoms with Crippen molar-refractivity contribution in [2.24, 2.45) is 0 Å². The zero-order chi connectivity index (χ0) is 9.47. The summed E-state index contributed by atoms with van der Waals surface area (Å²) in [6.45, 7) is 0. The van der Waals surface area contributed by atoms with Crippen LogP contribution in [0, 0.1) is 0 Å². The standard InChI is InChI=1S/C6H3ClN2O2S2/c7-13(10,11)5-3-1-2-4-6(5)8-9-12-4/h1-3H. The van der Waals surface area contributed by atoms with Gasteiger partial charge in [0.1, 0.15) is 10.4 Å². The minimum absolute atomic E-state index is 0.0143. The first-order valence-corrected chi connectivity index (χ1v) is 6.33. The van der Waals surface area contributed by atoms with Crippen LogP contribution in [0.4, 0.5) is 0 Å². The molecular weight excluding hydrogens is 232 g/mol. The highest BCUT2D eigenvalue weighted by molar-refractivity contribution is 8.14. The van der Waals surface area contributed by atoms with Gasteiger partial charge in [-0.1, -0.05) is 10.6 Å². The van der Waals surface area contributed by atoms with Crippen LogP contribution in [0.3, 0.4) is 0 Å². The maximum Gasteiger partial charge on any atom is 0.263 e. The first kappa shape index (κ1) is 8.86. The Morgan fingerprint density at radius 1 is 1.38 bits per heavy atom. The van der Waals surface area contributed by atoms with Gasteiger partial charge in [-0.2, -0.15) is 0 Å². The first-order valence-electron chi connectivity index (χ1n) is 3.25. The Kier molecular flexibility index (Phi) is 1.98. The normalized spacial score (nSPS) is 12.1. The lowest BCUT2D eigenvalue weighted by Gasteiger charge is -1.94. The third-order valence-corrected chi connectivity index (χ3v) is 3.55. The molecule has 0 aliphatic carbocycles. The van der Waals surface area contributed by atoms with Crippen LogP contribution in [0.25, 0.3) is 10.2 Å². The van der Waals surface area contributed by atoms with E-state index in [0.717, 1.165) is 11.5 Å². The average Bonchev–Trinajstić information content (AvgIpc) is 2.48. The smallest absolute Gasteiger partial charge is 0.207 e. The zero-order valence-corrected chi connectivity index (χ0v) is 8.53. The van der Waals surface area contributed by atoms with E-state index in [9.17, 15) is 8.42 Å². The summed E-state index contributed by atoms with van der Waals surface area (Å²) in [4.78, 5) is 0.0143. The molecule has 1 heterocycles. The number of aromatic nitrogens is 2. The molecule has 0 saturated carbocycles. The molecule has 2 aromatic rings. The summed E-state index contributed by atoms with van der Waals surface area (Å²) < 4.78 is 26.4. The Hall–Kier alpha value is -0.720. The van der Waals surface area contributed by atoms with Gasteiger partial charge in [-0.3, -0.25) is 0 Å². The monoisotopic (exact) mass is 234 g/mol. The molecule has 0 radical (unpaired) electrons. The predicted molar refractivity (Wildman–Crippen MR) is 50.5 cm³/mol. The van der Waals surface area contributed by atoms with Gasteiger partial charge in [-0.05, 0) is 23.7 Å². The van der Waals surface area contributed by atoms with Crippen LogP contribution in [0.2, 0.25) is 0 Å². The quantitative estimate of drug-likeness (QED) is 0.704. The second kappa shape index (κ2) is 2.90. The molecule has 7 heteroatoms. The van der Waals surface area contributed by atoms with Crippen molar-refractivity contribution in [2.75, 3.05) is 0 Å². The molecule has 0 unspecified atom stereocenters. The van der Waals surface area contributed by atoms with Crippen molar-refractivity contribution >= 4 is 41.5 Å². The molecule has 0 aliphatic heterocycles. The number of hydrogen-bond donors (Lipinski definition) is 0. The molecule has 1 aromatic heterocycles. The van der Waals surface area contributed by atoms with Crippen LogP contribution < -0.4 is 0 Å². The first-order chi connectivity index (χ1) is 6.09. The van der Waals surface area contributed by atoms with E-state index in [1.54, 1.807) is 12.1 Å². The third-order valence-electron chi connectivity index (χ3n) is 1.50. The second-order valence-electron chi connectivity index (χ2n) is 2.31. The van der Waals surface area contributed by atoms with Gasteiger partial charge in [-0.25, -0.2) is 8.42 Å². The van der Waals surface area contributed by atoms with Gasteiger partial charge in [0, 0.05) is 10.7 Å². The van der Waals surface area contributed by atoms with Gasteiger partial charge in [0.15, 0.2) is 0 Å². The van der Waals surface area contributed by atoms with Crippen molar-refractivity contribution in [3.63, 3.8) is 0 Å². The van der Waals surface area contributed by atoms with E-state index in [1.807, 2.05) is 0 Å². The fraction of sp³-hybridized carbons (Fsp3) is 0. The summed E-state index contributed by atoms with van der Waals surface area (Å²) in [5.74, 6) is 0. The predicted octanol–water partition coefficient (Wildman–Crippen LogP) is 1.62. The van der Waals surface area contributed by atoms with Gasteiger partial charge in [0.05, 0.1) is 4.70 Å². The summed E-state index contributed by atoms with van der Waals surface area (Å²) in [6.07, 6.45) is 0. The van der Waals surface area contributed by atoms with Crippen LogP contribution in [-0.4, -0.2) is 18.0 Å². The minimum atomic E-state index is -3.72. The molecular formula is C6H3ClN2O2S2. The molecule has 13 heavy (non-hydrogen) atoms. The second-order valence-corrected chi connectivity index (χ2v) is 5.63. The molecule has 0 bridgehead atoms. The van der Waals surface area contributed by atoms with E-state index in [1.165, 1.54) is 6.07 Å². The van der Waals surface area contributed by atoms with Crippen LogP contribution in [-0.2, 0) is 9.05 Å². The van der Waals surface area contributed by atoms with Crippen molar-refractivity contribution < 1.29 is 8.42 Å². The fourth-order valence-electron chi connectivity index (χ4n) is 0.976. The molecule has 1 aromatic carbocycles. The summed E-state index contributed by atoms with van der Waals surface area (Å²) in [5.41, 5.74) is 0.336. The molecule has 0 amide bonds. The molecule has 0 saturated heterocycles. The van der Waals surface area contributed by atoms with Crippen LogP contribution in [0.5, 0.6) is 0 Å². The Balaban J connectivity index is 2.91. The maximum atomic E-state index is 11.0. The minimum Gasteiger partial charge on any atom is -0.207 e. The fourth-order valence-corrected chi connectivity index (χ4v) is 2.62.